The number of urea groups is 1. The number of amides is 2. The molecule has 3 nitrogen and oxygen atoms in total. The van der Waals surface area contributed by atoms with Crippen LogP contribution >= 0.6 is 0 Å². The molecule has 0 bridgehead atoms. The Kier molecular flexibility index (Phi) is 2.70. The average molecular weight is 135 g/mol. The van der Waals surface area contributed by atoms with E-state index in [1.165, 1.54) is 7.05 Å². The zero-order valence-corrected chi connectivity index (χ0v) is 5.25. The third-order valence-corrected chi connectivity index (χ3v) is 0.660. The molecule has 0 atom stereocenters. The molecule has 5 heteroatoms. The van der Waals surface area contributed by atoms with Crippen LogP contribution in [0.3, 0.4) is 0 Å². The van der Waals surface area contributed by atoms with E-state index >= 15 is 0 Å². The fourth-order valence-corrected chi connectivity index (χ4v) is 0.272. The van der Waals surface area contributed by atoms with Gasteiger partial charge in [0.15, 0.2) is 0 Å². The quantitative estimate of drug-likeness (QED) is 0.445. The van der Waals surface area contributed by atoms with Gasteiger partial charge in [-0.3, -0.25) is 0 Å². The summed E-state index contributed by atoms with van der Waals surface area (Å²) in [5.74, 6) is 0. The molecule has 0 aliphatic rings. The van der Waals surface area contributed by atoms with E-state index in [1.807, 2.05) is 0 Å². The minimum Gasteiger partial charge on any atom is -0.191 e. The predicted octanol–water partition coefficient (Wildman–Crippen LogP) is 0.210. The predicted molar refractivity (Wildman–Crippen MR) is 28.7 cm³/mol. The highest BCUT2D eigenvalue weighted by Crippen LogP contribution is 1.73. The van der Waals surface area contributed by atoms with E-state index in [2.05, 4.69) is 29.2 Å². The van der Waals surface area contributed by atoms with Gasteiger partial charge < -0.3 is 0 Å². The first-order valence-corrected chi connectivity index (χ1v) is 2.19. The molecule has 0 aliphatic carbocycles. The molecule has 38 valence electrons. The zero-order chi connectivity index (χ0) is 5.86. The Morgan fingerprint density at radius 2 is 2.29 bits per heavy atom. The average Bonchev–Trinajstić information content (AvgIpc) is 1.65. The number of hydrogen-bond donors (Lipinski definition) is 0. The van der Waals surface area contributed by atoms with Crippen LogP contribution in [0.1, 0.15) is 0 Å². The van der Waals surface area contributed by atoms with Crippen molar-refractivity contribution in [1.29, 1.82) is 0 Å². The van der Waals surface area contributed by atoms with Gasteiger partial charge in [0.2, 0.25) is 12.4 Å². The lowest BCUT2D eigenvalue weighted by Gasteiger charge is -1.71. The molecule has 0 radical (unpaired) electrons. The number of nitrogens with zero attached hydrogens (tertiary/aromatic N) is 2. The summed E-state index contributed by atoms with van der Waals surface area (Å²) >= 11 is 8.34. The molecule has 0 unspecified atom stereocenters. The maximum absolute atomic E-state index is 10.1. The first kappa shape index (κ1) is 6.71. The summed E-state index contributed by atoms with van der Waals surface area (Å²) in [4.78, 5) is 10.1. The normalized spacial score (nSPS) is 7.57. The van der Waals surface area contributed by atoms with Crippen molar-refractivity contribution in [3.05, 3.63) is 0 Å². The van der Waals surface area contributed by atoms with Gasteiger partial charge in [-0.2, -0.15) is 4.79 Å². The molecule has 0 saturated heterocycles. The van der Waals surface area contributed by atoms with Crippen LogP contribution < -0.4 is 0 Å². The van der Waals surface area contributed by atoms with Crippen LogP contribution in [0.5, 0.6) is 0 Å². The molecule has 0 fully saturated rings. The van der Waals surface area contributed by atoms with E-state index in [0.717, 1.165) is 3.95 Å². The maximum atomic E-state index is 10.1. The van der Waals surface area contributed by atoms with Crippen molar-refractivity contribution in [1.82, 2.24) is 0 Å². The van der Waals surface area contributed by atoms with E-state index < -0.39 is 6.03 Å². The Morgan fingerprint density at radius 1 is 1.86 bits per heavy atom. The molecule has 0 aromatic rings. The molecule has 0 N–H and O–H groups in total. The lowest BCUT2D eigenvalue weighted by atomic mass is 11.0. The van der Waals surface area contributed by atoms with Gasteiger partial charge in [0.05, 0.1) is 11.4 Å². The zero-order valence-electron chi connectivity index (χ0n) is 3.62. The van der Waals surface area contributed by atoms with E-state index in [9.17, 15) is 4.79 Å². The third kappa shape index (κ3) is 2.41. The summed E-state index contributed by atoms with van der Waals surface area (Å²) in [5.41, 5.74) is 0. The minimum absolute atomic E-state index is 0.565. The van der Waals surface area contributed by atoms with E-state index in [4.69, 9.17) is 0 Å². The Labute approximate surface area is 51.7 Å². The van der Waals surface area contributed by atoms with Crippen molar-refractivity contribution in [2.45, 2.75) is 0 Å². The number of rotatable bonds is 0. The van der Waals surface area contributed by atoms with Gasteiger partial charge in [-0.1, -0.05) is 0 Å². The largest absolute Gasteiger partial charge is 0.565 e. The molecule has 0 rings (SSSR count). The molecule has 0 aromatic heterocycles. The lowest BCUT2D eigenvalue weighted by molar-refractivity contribution is -0.357. The fourth-order valence-electron chi connectivity index (χ4n) is 0.0575. The first-order valence-electron chi connectivity index (χ1n) is 1.46. The van der Waals surface area contributed by atoms with Crippen LogP contribution in [-0.4, -0.2) is 17.0 Å². The second-order valence-corrected chi connectivity index (χ2v) is 1.60. The Bertz CT molecular complexity index is 121. The van der Waals surface area contributed by atoms with Crippen LogP contribution in [0.15, 0.2) is 4.36 Å². The highest BCUT2D eigenvalue weighted by atomic mass is 32.1. The summed E-state index contributed by atoms with van der Waals surface area (Å²) < 4.78 is 3.75. The van der Waals surface area contributed by atoms with Crippen molar-refractivity contribution in [2.75, 3.05) is 7.05 Å². The topological polar surface area (TPSA) is 32.4 Å². The summed E-state index contributed by atoms with van der Waals surface area (Å²) in [6.45, 7) is 0. The molecular formula is C2H3N2OS2+. The van der Waals surface area contributed by atoms with Crippen molar-refractivity contribution >= 4 is 30.9 Å². The molecule has 0 spiro atoms. The molecule has 7 heavy (non-hydrogen) atoms. The number of carbonyl (C=O) groups excluding carboxylic acids is 1. The molecule has 0 heterocycles. The highest BCUT2D eigenvalue weighted by molar-refractivity contribution is 7.48. The summed E-state index contributed by atoms with van der Waals surface area (Å²) in [7, 11) is 1.41. The SMILES string of the molecule is C[N+](=S)C(=O)N=S. The fraction of sp³-hybridized carbons (Fsp3) is 0.500. The Balaban J connectivity index is 3.81. The molecule has 0 aliphatic heterocycles. The first-order chi connectivity index (χ1) is 3.18. The lowest BCUT2D eigenvalue weighted by Crippen LogP contribution is -2.05. The van der Waals surface area contributed by atoms with Crippen LogP contribution in [0, 0.1) is 0 Å². The minimum atomic E-state index is -0.565. The molecule has 0 aromatic carbocycles. The maximum Gasteiger partial charge on any atom is 0.565 e. The van der Waals surface area contributed by atoms with Gasteiger partial charge in [-0.25, -0.2) is 0 Å². The van der Waals surface area contributed by atoms with Crippen molar-refractivity contribution in [3.63, 3.8) is 0 Å². The molecule has 2 amide bonds. The van der Waals surface area contributed by atoms with Crippen LogP contribution in [0.25, 0.3) is 0 Å². The molecular weight excluding hydrogens is 132 g/mol. The van der Waals surface area contributed by atoms with Crippen molar-refractivity contribution in [3.8, 4) is 0 Å². The second kappa shape index (κ2) is 2.81. The van der Waals surface area contributed by atoms with Gasteiger partial charge in [0, 0.05) is 0 Å². The van der Waals surface area contributed by atoms with E-state index in [0.29, 0.717) is 0 Å². The van der Waals surface area contributed by atoms with Crippen molar-refractivity contribution in [2.24, 2.45) is 4.36 Å². The Morgan fingerprint density at radius 3 is 2.29 bits per heavy atom. The van der Waals surface area contributed by atoms with Gasteiger partial charge >= 0.3 is 6.03 Å². The monoisotopic (exact) mass is 135 g/mol. The van der Waals surface area contributed by atoms with Gasteiger partial charge in [0.25, 0.3) is 0 Å². The van der Waals surface area contributed by atoms with Gasteiger partial charge in [-0.05, 0) is 0 Å². The van der Waals surface area contributed by atoms with Gasteiger partial charge in [0.1, 0.15) is 12.4 Å². The number of carbonyl (C=O) groups is 1. The smallest absolute Gasteiger partial charge is 0.191 e. The number of hydrogen-bond acceptors (Lipinski definition) is 3. The van der Waals surface area contributed by atoms with Crippen LogP contribution in [0.2, 0.25) is 0 Å². The summed E-state index contributed by atoms with van der Waals surface area (Å²) in [6.07, 6.45) is 0. The van der Waals surface area contributed by atoms with Crippen LogP contribution in [-0.2, 0) is 24.9 Å². The summed E-state index contributed by atoms with van der Waals surface area (Å²) in [5, 5.41) is 0. The van der Waals surface area contributed by atoms with Gasteiger partial charge in [-0.15, -0.1) is 3.95 Å². The third-order valence-electron chi connectivity index (χ3n) is 0.347. The molecule has 0 saturated carbocycles. The van der Waals surface area contributed by atoms with Crippen LogP contribution in [0.4, 0.5) is 4.79 Å². The summed E-state index contributed by atoms with van der Waals surface area (Å²) in [6, 6.07) is -0.565. The van der Waals surface area contributed by atoms with E-state index in [-0.39, 0.29) is 0 Å². The highest BCUT2D eigenvalue weighted by Gasteiger charge is 2.07. The Hall–Kier alpha value is -0.290. The van der Waals surface area contributed by atoms with E-state index in [1.54, 1.807) is 0 Å². The van der Waals surface area contributed by atoms with Crippen molar-refractivity contribution < 1.29 is 8.74 Å². The standard InChI is InChI=1S/C2H3N2OS2/c1-4(7)2(5)3-6/h1H3/q+1. The second-order valence-electron chi connectivity index (χ2n) is 0.871.